The number of nitro benzene ring substituents is 1. The minimum absolute atomic E-state index is 0.0247. The third-order valence-corrected chi connectivity index (χ3v) is 3.84. The number of nitrogens with zero attached hydrogens (tertiary/aromatic N) is 1. The number of nitrogens with two attached hydrogens (primary N) is 1. The van der Waals surface area contributed by atoms with Crippen LogP contribution in [0.3, 0.4) is 0 Å². The minimum Gasteiger partial charge on any atom is -0.487 e. The van der Waals surface area contributed by atoms with E-state index in [1.165, 1.54) is 13.0 Å². The van der Waals surface area contributed by atoms with Gasteiger partial charge in [-0.15, -0.1) is 0 Å². The molecule has 1 atom stereocenters. The van der Waals surface area contributed by atoms with Crippen molar-refractivity contribution in [1.29, 1.82) is 0 Å². The number of nitro groups is 1. The Morgan fingerprint density at radius 2 is 2.12 bits per heavy atom. The zero-order valence-corrected chi connectivity index (χ0v) is 13.5. The lowest BCUT2D eigenvalue weighted by atomic mass is 9.74. The van der Waals surface area contributed by atoms with Crippen LogP contribution in [0.1, 0.15) is 32.8 Å². The van der Waals surface area contributed by atoms with Gasteiger partial charge in [0.05, 0.1) is 11.5 Å². The Balaban J connectivity index is 2.67. The molecule has 132 valence electrons. The average Bonchev–Trinajstić information content (AvgIpc) is 2.45. The number of rotatable bonds is 4. The highest BCUT2D eigenvalue weighted by Gasteiger charge is 2.63. The summed E-state index contributed by atoms with van der Waals surface area (Å²) in [7, 11) is 0. The molecule has 0 aromatic heterocycles. The second kappa shape index (κ2) is 5.66. The number of ether oxygens (including phenoxy) is 2. The largest absolute Gasteiger partial charge is 0.487 e. The number of alkyl halides is 2. The fourth-order valence-electron chi connectivity index (χ4n) is 2.85. The molecule has 0 saturated heterocycles. The molecule has 0 saturated carbocycles. The first-order chi connectivity index (χ1) is 10.9. The van der Waals surface area contributed by atoms with Gasteiger partial charge in [-0.2, -0.15) is 8.78 Å². The molecule has 1 aromatic carbocycles. The zero-order valence-electron chi connectivity index (χ0n) is 13.5. The third kappa shape index (κ3) is 2.79. The molecule has 0 unspecified atom stereocenters. The molecular weight excluding hydrogens is 326 g/mol. The third-order valence-electron chi connectivity index (χ3n) is 3.84. The van der Waals surface area contributed by atoms with Crippen molar-refractivity contribution in [3.63, 3.8) is 0 Å². The summed E-state index contributed by atoms with van der Waals surface area (Å²) < 4.78 is 39.6. The summed E-state index contributed by atoms with van der Waals surface area (Å²) in [6.45, 7) is 4.23. The van der Waals surface area contributed by atoms with Crippen molar-refractivity contribution in [2.75, 3.05) is 6.61 Å². The topological polar surface area (TPSA) is 105 Å². The van der Waals surface area contributed by atoms with Crippen LogP contribution in [0.2, 0.25) is 0 Å². The Hall–Kier alpha value is -2.29. The number of non-ortho nitro benzene ring substituents is 1. The van der Waals surface area contributed by atoms with Crippen molar-refractivity contribution in [3.05, 3.63) is 33.9 Å². The average molecular weight is 344 g/mol. The monoisotopic (exact) mass is 344 g/mol. The first-order valence-electron chi connectivity index (χ1n) is 7.26. The standard InChI is InChI=1S/C15H18F2N2O5/c1-4-23-12(20)15(16,17)14(18)8-13(2,3)24-11-6-5-9(19(21)22)7-10(11)14/h5-7H,4,8,18H2,1-3H3/t14-/m1/s1. The molecule has 0 spiro atoms. The van der Waals surface area contributed by atoms with Crippen molar-refractivity contribution in [1.82, 2.24) is 0 Å². The Kier molecular flexibility index (Phi) is 4.26. The van der Waals surface area contributed by atoms with E-state index < -0.39 is 40.1 Å². The van der Waals surface area contributed by atoms with E-state index >= 15 is 0 Å². The fraction of sp³-hybridized carbons (Fsp3) is 0.533. The molecule has 1 aromatic rings. The van der Waals surface area contributed by atoms with Gasteiger partial charge in [-0.3, -0.25) is 10.1 Å². The molecule has 0 radical (unpaired) electrons. The lowest BCUT2D eigenvalue weighted by Crippen LogP contribution is -2.62. The van der Waals surface area contributed by atoms with E-state index in [4.69, 9.17) is 10.5 Å². The summed E-state index contributed by atoms with van der Waals surface area (Å²) >= 11 is 0. The summed E-state index contributed by atoms with van der Waals surface area (Å²) in [6.07, 6.45) is -0.431. The number of benzene rings is 1. The van der Waals surface area contributed by atoms with E-state index in [1.807, 2.05) is 0 Å². The van der Waals surface area contributed by atoms with E-state index in [0.717, 1.165) is 12.1 Å². The smallest absolute Gasteiger partial charge is 0.379 e. The van der Waals surface area contributed by atoms with E-state index in [2.05, 4.69) is 4.74 Å². The molecule has 1 aliphatic rings. The second-order valence-electron chi connectivity index (χ2n) is 6.24. The zero-order chi connectivity index (χ0) is 18.3. The molecule has 1 heterocycles. The van der Waals surface area contributed by atoms with Crippen LogP contribution in [0.15, 0.2) is 18.2 Å². The Bertz CT molecular complexity index is 692. The van der Waals surface area contributed by atoms with Crippen LogP contribution < -0.4 is 10.5 Å². The van der Waals surface area contributed by atoms with Crippen LogP contribution in [0, 0.1) is 10.1 Å². The lowest BCUT2D eigenvalue weighted by molar-refractivity contribution is -0.385. The number of esters is 1. The Morgan fingerprint density at radius 1 is 1.50 bits per heavy atom. The maximum Gasteiger partial charge on any atom is 0.379 e. The first kappa shape index (κ1) is 18.1. The summed E-state index contributed by atoms with van der Waals surface area (Å²) in [5.41, 5.74) is 1.65. The number of halogens is 2. The molecule has 1 aliphatic heterocycles. The number of carbonyl (C=O) groups is 1. The predicted molar refractivity (Wildman–Crippen MR) is 79.9 cm³/mol. The van der Waals surface area contributed by atoms with Gasteiger partial charge < -0.3 is 15.2 Å². The minimum atomic E-state index is -4.09. The second-order valence-corrected chi connectivity index (χ2v) is 6.24. The van der Waals surface area contributed by atoms with Crippen molar-refractivity contribution in [2.45, 2.75) is 44.3 Å². The Morgan fingerprint density at radius 3 is 2.67 bits per heavy atom. The quantitative estimate of drug-likeness (QED) is 0.511. The molecule has 7 nitrogen and oxygen atoms in total. The normalized spacial score (nSPS) is 22.2. The van der Waals surface area contributed by atoms with Crippen molar-refractivity contribution in [2.24, 2.45) is 5.73 Å². The van der Waals surface area contributed by atoms with Crippen LogP contribution in [0.5, 0.6) is 5.75 Å². The van der Waals surface area contributed by atoms with Crippen molar-refractivity contribution < 1.29 is 28.0 Å². The summed E-state index contributed by atoms with van der Waals surface area (Å²) in [6, 6.07) is 3.25. The molecule has 0 aliphatic carbocycles. The molecular formula is C15H18F2N2O5. The summed E-state index contributed by atoms with van der Waals surface area (Å²) in [4.78, 5) is 22.0. The predicted octanol–water partition coefficient (Wildman–Crippen LogP) is 2.51. The molecule has 0 fully saturated rings. The van der Waals surface area contributed by atoms with Gasteiger partial charge in [0.1, 0.15) is 16.9 Å². The number of hydrogen-bond donors (Lipinski definition) is 1. The van der Waals surface area contributed by atoms with Crippen LogP contribution in [-0.2, 0) is 15.1 Å². The summed E-state index contributed by atoms with van der Waals surface area (Å²) in [5, 5.41) is 11.0. The number of carbonyl (C=O) groups excluding carboxylic acids is 1. The van der Waals surface area contributed by atoms with Gasteiger partial charge in [-0.25, -0.2) is 4.79 Å². The number of hydrogen-bond acceptors (Lipinski definition) is 6. The van der Waals surface area contributed by atoms with Gasteiger partial charge in [0.15, 0.2) is 0 Å². The SMILES string of the molecule is CCOC(=O)C(F)(F)[C@@]1(N)CC(C)(C)Oc2ccc([N+](=O)[O-])cc21. The van der Waals surface area contributed by atoms with Crippen molar-refractivity contribution >= 4 is 11.7 Å². The molecule has 24 heavy (non-hydrogen) atoms. The molecule has 0 bridgehead atoms. The van der Waals surface area contributed by atoms with Gasteiger partial charge >= 0.3 is 11.9 Å². The van der Waals surface area contributed by atoms with E-state index in [0.29, 0.717) is 0 Å². The van der Waals surface area contributed by atoms with E-state index in [-0.39, 0.29) is 17.9 Å². The van der Waals surface area contributed by atoms with Gasteiger partial charge in [0.25, 0.3) is 5.69 Å². The van der Waals surface area contributed by atoms with Crippen molar-refractivity contribution in [3.8, 4) is 5.75 Å². The van der Waals surface area contributed by atoms with Gasteiger partial charge in [0, 0.05) is 24.1 Å². The van der Waals surface area contributed by atoms with Crippen LogP contribution in [0.4, 0.5) is 14.5 Å². The highest BCUT2D eigenvalue weighted by Crippen LogP contribution is 2.50. The lowest BCUT2D eigenvalue weighted by Gasteiger charge is -2.46. The molecule has 9 heteroatoms. The highest BCUT2D eigenvalue weighted by atomic mass is 19.3. The van der Waals surface area contributed by atoms with Gasteiger partial charge in [-0.05, 0) is 26.8 Å². The van der Waals surface area contributed by atoms with Crippen LogP contribution >= 0.6 is 0 Å². The summed E-state index contributed by atoms with van der Waals surface area (Å²) in [5.74, 6) is -5.89. The number of fused-ring (bicyclic) bond motifs is 1. The van der Waals surface area contributed by atoms with Crippen LogP contribution in [-0.4, -0.2) is 29.0 Å². The highest BCUT2D eigenvalue weighted by molar-refractivity contribution is 5.80. The van der Waals surface area contributed by atoms with E-state index in [9.17, 15) is 23.7 Å². The molecule has 2 rings (SSSR count). The Labute approximate surface area is 136 Å². The van der Waals surface area contributed by atoms with Gasteiger partial charge in [-0.1, -0.05) is 0 Å². The maximum absolute atomic E-state index is 14.8. The van der Waals surface area contributed by atoms with E-state index in [1.54, 1.807) is 13.8 Å². The fourth-order valence-corrected chi connectivity index (χ4v) is 2.85. The molecule has 2 N–H and O–H groups in total. The first-order valence-corrected chi connectivity index (χ1v) is 7.26. The maximum atomic E-state index is 14.8. The van der Waals surface area contributed by atoms with Gasteiger partial charge in [0.2, 0.25) is 0 Å². The molecule has 0 amide bonds. The van der Waals surface area contributed by atoms with Crippen LogP contribution in [0.25, 0.3) is 0 Å².